The first-order valence-electron chi connectivity index (χ1n) is 20.0. The molecule has 2 atom stereocenters. The van der Waals surface area contributed by atoms with E-state index in [9.17, 15) is 0 Å². The van der Waals surface area contributed by atoms with Crippen LogP contribution in [-0.4, -0.2) is 0 Å². The lowest BCUT2D eigenvalue weighted by molar-refractivity contribution is 0.435. The standard InChI is InChI=1S/C52H58N2/c1-11-33-52(10,54(44-27-17-38(5)18-28-44)45-29-19-39(6)20-30-45)41-22-32-47-46-31-21-40(34-48(46)50(7,8)49(47)35-41)51(9,12-2)53(42-23-13-36(3)14-24-42)43-25-15-37(4)16-26-43/h13-32,34-35H,11-12,33H2,1-10H3. The molecule has 0 radical (unpaired) electrons. The molecular weight excluding hydrogens is 653 g/mol. The predicted molar refractivity (Wildman–Crippen MR) is 233 cm³/mol. The number of aryl methyl sites for hydroxylation is 4. The van der Waals surface area contributed by atoms with Crippen molar-refractivity contribution in [3.05, 3.63) is 178 Å². The summed E-state index contributed by atoms with van der Waals surface area (Å²) in [5.74, 6) is 0. The van der Waals surface area contributed by atoms with Gasteiger partial charge in [0.15, 0.2) is 0 Å². The number of hydrogen-bond acceptors (Lipinski definition) is 2. The van der Waals surface area contributed by atoms with E-state index in [1.54, 1.807) is 0 Å². The summed E-state index contributed by atoms with van der Waals surface area (Å²) >= 11 is 0. The highest BCUT2D eigenvalue weighted by atomic mass is 15.2. The van der Waals surface area contributed by atoms with Crippen molar-refractivity contribution < 1.29 is 0 Å². The Kier molecular flexibility index (Phi) is 9.86. The fraction of sp³-hybridized carbons (Fsp3) is 0.308. The van der Waals surface area contributed by atoms with Crippen LogP contribution < -0.4 is 9.80 Å². The molecule has 2 nitrogen and oxygen atoms in total. The normalized spacial score (nSPS) is 15.1. The summed E-state index contributed by atoms with van der Waals surface area (Å²) in [6.07, 6.45) is 3.05. The number of anilines is 4. The number of rotatable bonds is 11. The Bertz CT molecular complexity index is 2150. The van der Waals surface area contributed by atoms with Crippen LogP contribution in [0.2, 0.25) is 0 Å². The van der Waals surface area contributed by atoms with E-state index in [1.807, 2.05) is 0 Å². The third-order valence-corrected chi connectivity index (χ3v) is 12.5. The van der Waals surface area contributed by atoms with Gasteiger partial charge in [-0.2, -0.15) is 0 Å². The summed E-state index contributed by atoms with van der Waals surface area (Å²) in [6, 6.07) is 50.9. The van der Waals surface area contributed by atoms with Crippen LogP contribution >= 0.6 is 0 Å². The number of hydrogen-bond donors (Lipinski definition) is 0. The van der Waals surface area contributed by atoms with Gasteiger partial charge in [-0.15, -0.1) is 0 Å². The SMILES string of the molecule is CCCC(C)(c1ccc2c(c1)C(C)(C)c1cc(C(C)(CC)N(c3ccc(C)cc3)c3ccc(C)cc3)ccc1-2)N(c1ccc(C)cc1)c1ccc(C)cc1. The second-order valence-corrected chi connectivity index (χ2v) is 16.8. The van der Waals surface area contributed by atoms with Crippen LogP contribution in [0.3, 0.4) is 0 Å². The zero-order valence-electron chi connectivity index (χ0n) is 34.2. The van der Waals surface area contributed by atoms with Crippen molar-refractivity contribution in [2.45, 2.75) is 105 Å². The third-order valence-electron chi connectivity index (χ3n) is 12.5. The Morgan fingerprint density at radius 1 is 0.444 bits per heavy atom. The summed E-state index contributed by atoms with van der Waals surface area (Å²) in [6.45, 7) is 23.0. The minimum Gasteiger partial charge on any atom is -0.331 e. The zero-order valence-corrected chi connectivity index (χ0v) is 34.2. The molecule has 2 unspecified atom stereocenters. The molecule has 0 amide bonds. The molecule has 0 aliphatic heterocycles. The van der Waals surface area contributed by atoms with Crippen LogP contribution in [0, 0.1) is 27.7 Å². The van der Waals surface area contributed by atoms with Crippen LogP contribution in [0.1, 0.15) is 105 Å². The lowest BCUT2D eigenvalue weighted by Gasteiger charge is -2.44. The fourth-order valence-corrected chi connectivity index (χ4v) is 8.98. The van der Waals surface area contributed by atoms with Gasteiger partial charge in [-0.25, -0.2) is 0 Å². The second-order valence-electron chi connectivity index (χ2n) is 16.8. The lowest BCUT2D eigenvalue weighted by atomic mass is 9.77. The summed E-state index contributed by atoms with van der Waals surface area (Å²) in [7, 11) is 0. The largest absolute Gasteiger partial charge is 0.331 e. The Labute approximate surface area is 325 Å². The monoisotopic (exact) mass is 710 g/mol. The molecule has 7 rings (SSSR count). The first kappa shape index (κ1) is 37.2. The molecule has 276 valence electrons. The molecule has 6 aromatic carbocycles. The molecule has 6 aromatic rings. The minimum absolute atomic E-state index is 0.171. The van der Waals surface area contributed by atoms with Crippen molar-refractivity contribution in [2.24, 2.45) is 0 Å². The molecule has 1 aliphatic carbocycles. The number of nitrogens with zero attached hydrogens (tertiary/aromatic N) is 2. The molecule has 0 bridgehead atoms. The van der Waals surface area contributed by atoms with Gasteiger partial charge in [0, 0.05) is 28.2 Å². The highest BCUT2D eigenvalue weighted by molar-refractivity contribution is 5.82. The molecule has 2 heteroatoms. The van der Waals surface area contributed by atoms with E-state index in [4.69, 9.17) is 0 Å². The quantitative estimate of drug-likeness (QED) is 0.132. The lowest BCUT2D eigenvalue weighted by Crippen LogP contribution is -2.41. The Hall–Kier alpha value is -5.08. The van der Waals surface area contributed by atoms with Gasteiger partial charge in [0.05, 0.1) is 11.1 Å². The molecular formula is C52H58N2. The molecule has 0 aromatic heterocycles. The maximum absolute atomic E-state index is 2.59. The van der Waals surface area contributed by atoms with Gasteiger partial charge in [-0.3, -0.25) is 0 Å². The molecule has 0 saturated carbocycles. The molecule has 0 spiro atoms. The van der Waals surface area contributed by atoms with Gasteiger partial charge in [-0.1, -0.05) is 141 Å². The minimum atomic E-state index is -0.280. The average Bonchev–Trinajstić information content (AvgIpc) is 3.40. The van der Waals surface area contributed by atoms with Gasteiger partial charge < -0.3 is 9.80 Å². The molecule has 0 N–H and O–H groups in total. The smallest absolute Gasteiger partial charge is 0.0674 e. The molecule has 54 heavy (non-hydrogen) atoms. The molecule has 0 heterocycles. The van der Waals surface area contributed by atoms with Gasteiger partial charge >= 0.3 is 0 Å². The van der Waals surface area contributed by atoms with Crippen LogP contribution in [0.5, 0.6) is 0 Å². The van der Waals surface area contributed by atoms with Crippen LogP contribution in [-0.2, 0) is 16.5 Å². The van der Waals surface area contributed by atoms with Gasteiger partial charge in [0.25, 0.3) is 0 Å². The molecule has 0 fully saturated rings. The summed E-state index contributed by atoms with van der Waals surface area (Å²) in [4.78, 5) is 5.14. The maximum Gasteiger partial charge on any atom is 0.0674 e. The maximum atomic E-state index is 2.59. The van der Waals surface area contributed by atoms with Gasteiger partial charge in [-0.05, 0) is 136 Å². The van der Waals surface area contributed by atoms with Gasteiger partial charge in [0.2, 0.25) is 0 Å². The highest BCUT2D eigenvalue weighted by Gasteiger charge is 2.42. The summed E-state index contributed by atoms with van der Waals surface area (Å²) in [5, 5.41) is 0. The van der Waals surface area contributed by atoms with Crippen LogP contribution in [0.15, 0.2) is 133 Å². The van der Waals surface area contributed by atoms with E-state index in [2.05, 4.69) is 212 Å². The van der Waals surface area contributed by atoms with E-state index in [0.29, 0.717) is 0 Å². The van der Waals surface area contributed by atoms with Crippen molar-refractivity contribution >= 4 is 22.7 Å². The van der Waals surface area contributed by atoms with Crippen molar-refractivity contribution in [1.82, 2.24) is 0 Å². The van der Waals surface area contributed by atoms with E-state index >= 15 is 0 Å². The first-order chi connectivity index (χ1) is 25.8. The van der Waals surface area contributed by atoms with Crippen molar-refractivity contribution in [3.63, 3.8) is 0 Å². The Balaban J connectivity index is 1.34. The van der Waals surface area contributed by atoms with Gasteiger partial charge in [0.1, 0.15) is 0 Å². The topological polar surface area (TPSA) is 6.48 Å². The fourth-order valence-electron chi connectivity index (χ4n) is 8.98. The average molecular weight is 711 g/mol. The van der Waals surface area contributed by atoms with Crippen molar-refractivity contribution in [3.8, 4) is 11.1 Å². The Morgan fingerprint density at radius 2 is 0.759 bits per heavy atom. The Morgan fingerprint density at radius 3 is 1.07 bits per heavy atom. The van der Waals surface area contributed by atoms with Crippen LogP contribution in [0.25, 0.3) is 11.1 Å². The number of fused-ring (bicyclic) bond motifs is 3. The molecule has 1 aliphatic rings. The van der Waals surface area contributed by atoms with E-state index < -0.39 is 0 Å². The second kappa shape index (κ2) is 14.3. The molecule has 0 saturated heterocycles. The summed E-state index contributed by atoms with van der Waals surface area (Å²) < 4.78 is 0. The van der Waals surface area contributed by atoms with Crippen molar-refractivity contribution in [1.29, 1.82) is 0 Å². The van der Waals surface area contributed by atoms with Crippen molar-refractivity contribution in [2.75, 3.05) is 9.80 Å². The highest BCUT2D eigenvalue weighted by Crippen LogP contribution is 2.53. The predicted octanol–water partition coefficient (Wildman–Crippen LogP) is 14.5. The zero-order chi connectivity index (χ0) is 38.4. The number of benzene rings is 6. The third kappa shape index (κ3) is 6.44. The first-order valence-corrected chi connectivity index (χ1v) is 20.0. The van der Waals surface area contributed by atoms with E-state index in [0.717, 1.165) is 19.3 Å². The van der Waals surface area contributed by atoms with Crippen LogP contribution in [0.4, 0.5) is 22.7 Å². The van der Waals surface area contributed by atoms with E-state index in [1.165, 1.54) is 78.4 Å². The summed E-state index contributed by atoms with van der Waals surface area (Å²) in [5.41, 5.74) is 17.5. The van der Waals surface area contributed by atoms with E-state index in [-0.39, 0.29) is 16.5 Å².